The lowest BCUT2D eigenvalue weighted by Gasteiger charge is -2.14. The minimum atomic E-state index is -2.62. The summed E-state index contributed by atoms with van der Waals surface area (Å²) in [5, 5.41) is 5.59. The number of amides is 1. The van der Waals surface area contributed by atoms with Gasteiger partial charge in [0, 0.05) is 29.3 Å². The molecule has 186 valence electrons. The quantitative estimate of drug-likeness (QED) is 0.295. The van der Waals surface area contributed by atoms with Gasteiger partial charge in [0.05, 0.1) is 30.3 Å². The molecule has 2 aromatic carbocycles. The Morgan fingerprint density at radius 1 is 1.17 bits per heavy atom. The third kappa shape index (κ3) is 4.98. The predicted octanol–water partition coefficient (Wildman–Crippen LogP) is 5.95. The molecule has 0 unspecified atom stereocenters. The third-order valence-corrected chi connectivity index (χ3v) is 5.83. The number of carbonyl (C=O) groups is 1. The molecule has 0 saturated heterocycles. The first-order valence-corrected chi connectivity index (χ1v) is 11.4. The van der Waals surface area contributed by atoms with Crippen molar-refractivity contribution < 1.29 is 27.1 Å². The molecular formula is C26H22F4N4O2. The minimum absolute atomic E-state index is 0.0835. The highest BCUT2D eigenvalue weighted by Crippen LogP contribution is 2.33. The number of carbonyl (C=O) groups excluding carboxylic acids is 1. The molecular weight excluding hydrogens is 476 g/mol. The Labute approximate surface area is 203 Å². The average molecular weight is 498 g/mol. The van der Waals surface area contributed by atoms with Crippen LogP contribution in [-0.2, 0) is 0 Å². The van der Waals surface area contributed by atoms with Gasteiger partial charge in [-0.2, -0.15) is 0 Å². The number of fused-ring (bicyclic) bond motifs is 1. The van der Waals surface area contributed by atoms with Gasteiger partial charge in [0.25, 0.3) is 12.3 Å². The van der Waals surface area contributed by atoms with E-state index >= 15 is 0 Å². The van der Waals surface area contributed by atoms with E-state index in [9.17, 15) is 22.4 Å². The van der Waals surface area contributed by atoms with Crippen LogP contribution in [0.5, 0.6) is 11.5 Å². The molecule has 1 fully saturated rings. The van der Waals surface area contributed by atoms with Crippen LogP contribution in [0.4, 0.5) is 23.2 Å². The molecule has 0 aliphatic heterocycles. The second kappa shape index (κ2) is 9.52. The van der Waals surface area contributed by atoms with Crippen molar-refractivity contribution >= 4 is 17.2 Å². The molecule has 1 aliphatic rings. The second-order valence-electron chi connectivity index (χ2n) is 8.65. The van der Waals surface area contributed by atoms with Crippen LogP contribution in [0.15, 0.2) is 54.9 Å². The second-order valence-corrected chi connectivity index (χ2v) is 8.65. The Kier molecular flexibility index (Phi) is 6.26. The Morgan fingerprint density at radius 3 is 2.69 bits per heavy atom. The van der Waals surface area contributed by atoms with Gasteiger partial charge in [0.2, 0.25) is 0 Å². The Bertz CT molecular complexity index is 1450. The van der Waals surface area contributed by atoms with Crippen LogP contribution in [0.25, 0.3) is 16.9 Å². The number of hydrogen-bond acceptors (Lipinski definition) is 4. The third-order valence-electron chi connectivity index (χ3n) is 5.83. The van der Waals surface area contributed by atoms with Crippen LogP contribution in [0, 0.1) is 18.6 Å². The van der Waals surface area contributed by atoms with Crippen molar-refractivity contribution in [2.24, 2.45) is 0 Å². The van der Waals surface area contributed by atoms with Gasteiger partial charge < -0.3 is 15.4 Å². The topological polar surface area (TPSA) is 67.7 Å². The number of nitrogens with one attached hydrogen (secondary N) is 2. The van der Waals surface area contributed by atoms with E-state index in [1.807, 2.05) is 13.0 Å². The maximum Gasteiger partial charge on any atom is 0.255 e. The first kappa shape index (κ1) is 23.7. The van der Waals surface area contributed by atoms with Crippen molar-refractivity contribution in [2.75, 3.05) is 11.9 Å². The summed E-state index contributed by atoms with van der Waals surface area (Å²) in [5.41, 5.74) is 3.19. The first-order valence-electron chi connectivity index (χ1n) is 11.4. The molecule has 36 heavy (non-hydrogen) atoms. The first-order chi connectivity index (χ1) is 17.3. The number of nitrogens with zero attached hydrogens (tertiary/aromatic N) is 2. The highest BCUT2D eigenvalue weighted by atomic mass is 19.3. The van der Waals surface area contributed by atoms with Crippen molar-refractivity contribution in [1.29, 1.82) is 0 Å². The molecule has 1 saturated carbocycles. The predicted molar refractivity (Wildman–Crippen MR) is 127 cm³/mol. The van der Waals surface area contributed by atoms with E-state index in [1.165, 1.54) is 12.3 Å². The Balaban J connectivity index is 1.55. The number of aryl methyl sites for hydroxylation is 1. The summed E-state index contributed by atoms with van der Waals surface area (Å²) in [6, 6.07) is 9.75. The molecule has 0 radical (unpaired) electrons. The van der Waals surface area contributed by atoms with Crippen LogP contribution in [0.2, 0.25) is 0 Å². The van der Waals surface area contributed by atoms with Crippen LogP contribution < -0.4 is 15.4 Å². The fraction of sp³-hybridized carbons (Fsp3) is 0.231. The van der Waals surface area contributed by atoms with Gasteiger partial charge >= 0.3 is 0 Å². The normalized spacial score (nSPS) is 13.3. The fourth-order valence-electron chi connectivity index (χ4n) is 3.90. The highest BCUT2D eigenvalue weighted by molar-refractivity contribution is 5.96. The number of pyridine rings is 1. The number of anilines is 1. The van der Waals surface area contributed by atoms with E-state index in [1.54, 1.807) is 22.7 Å². The largest absolute Gasteiger partial charge is 0.453 e. The fourth-order valence-corrected chi connectivity index (χ4v) is 3.90. The molecule has 6 nitrogen and oxygen atoms in total. The zero-order valence-corrected chi connectivity index (χ0v) is 19.2. The van der Waals surface area contributed by atoms with Gasteiger partial charge in [0.15, 0.2) is 17.2 Å². The SMILES string of the molecule is Cc1cc(-c2cnc3c(NCC(F)F)cc(Oc4cc(F)ccc4F)cn23)ccc1C(=O)NC1CC1. The van der Waals surface area contributed by atoms with E-state index < -0.39 is 24.6 Å². The number of rotatable bonds is 8. The lowest BCUT2D eigenvalue weighted by atomic mass is 10.0. The summed E-state index contributed by atoms with van der Waals surface area (Å²) in [5.74, 6) is -1.86. The van der Waals surface area contributed by atoms with Crippen LogP contribution >= 0.6 is 0 Å². The Morgan fingerprint density at radius 2 is 1.97 bits per heavy atom. The molecule has 1 amide bonds. The molecule has 0 spiro atoms. The number of imidazole rings is 1. The summed E-state index contributed by atoms with van der Waals surface area (Å²) in [4.78, 5) is 16.9. The number of aromatic nitrogens is 2. The molecule has 2 heterocycles. The summed E-state index contributed by atoms with van der Waals surface area (Å²) in [6.07, 6.45) is 2.42. The summed E-state index contributed by atoms with van der Waals surface area (Å²) < 4.78 is 60.9. The number of ether oxygens (including phenoxy) is 1. The van der Waals surface area contributed by atoms with Crippen molar-refractivity contribution in [3.05, 3.63) is 77.6 Å². The number of hydrogen-bond donors (Lipinski definition) is 2. The van der Waals surface area contributed by atoms with Gasteiger partial charge in [0.1, 0.15) is 11.6 Å². The van der Waals surface area contributed by atoms with Crippen LogP contribution in [-0.4, -0.2) is 34.3 Å². The van der Waals surface area contributed by atoms with Crippen molar-refractivity contribution in [3.63, 3.8) is 0 Å². The molecule has 4 aromatic rings. The molecule has 0 bridgehead atoms. The molecule has 10 heteroatoms. The van der Waals surface area contributed by atoms with Gasteiger partial charge in [-0.05, 0) is 49.6 Å². The van der Waals surface area contributed by atoms with Gasteiger partial charge in [-0.25, -0.2) is 22.5 Å². The molecule has 2 aromatic heterocycles. The molecule has 5 rings (SSSR count). The molecule has 2 N–H and O–H groups in total. The highest BCUT2D eigenvalue weighted by Gasteiger charge is 2.24. The smallest absolute Gasteiger partial charge is 0.255 e. The van der Waals surface area contributed by atoms with Gasteiger partial charge in [-0.15, -0.1) is 0 Å². The monoisotopic (exact) mass is 498 g/mol. The standard InChI is InChI=1S/C26H22F4N4O2/c1-14-8-15(2-6-19(14)26(35)33-17-4-5-17)22-11-32-25-21(31-12-24(29)30)10-18(13-34(22)25)36-23-9-16(27)3-7-20(23)28/h2-3,6-11,13,17,24,31H,4-5,12H2,1H3,(H,33,35). The lowest BCUT2D eigenvalue weighted by Crippen LogP contribution is -2.26. The van der Waals surface area contributed by atoms with Gasteiger partial charge in [-0.3, -0.25) is 9.20 Å². The van der Waals surface area contributed by atoms with E-state index in [2.05, 4.69) is 15.6 Å². The maximum atomic E-state index is 14.2. The van der Waals surface area contributed by atoms with Gasteiger partial charge in [-0.1, -0.05) is 6.07 Å². The van der Waals surface area contributed by atoms with E-state index in [4.69, 9.17) is 4.74 Å². The lowest BCUT2D eigenvalue weighted by molar-refractivity contribution is 0.0950. The van der Waals surface area contributed by atoms with E-state index in [0.29, 0.717) is 16.9 Å². The molecule has 0 atom stereocenters. The number of halogens is 4. The minimum Gasteiger partial charge on any atom is -0.453 e. The summed E-state index contributed by atoms with van der Waals surface area (Å²) in [7, 11) is 0. The zero-order valence-electron chi connectivity index (χ0n) is 19.2. The van der Waals surface area contributed by atoms with Crippen molar-refractivity contribution in [1.82, 2.24) is 14.7 Å². The van der Waals surface area contributed by atoms with Crippen molar-refractivity contribution in [3.8, 4) is 22.8 Å². The molecule has 1 aliphatic carbocycles. The van der Waals surface area contributed by atoms with Crippen molar-refractivity contribution in [2.45, 2.75) is 32.2 Å². The number of benzene rings is 2. The van der Waals surface area contributed by atoms with E-state index in [0.717, 1.165) is 42.2 Å². The zero-order chi connectivity index (χ0) is 25.4. The van der Waals surface area contributed by atoms with Crippen LogP contribution in [0.1, 0.15) is 28.8 Å². The summed E-state index contributed by atoms with van der Waals surface area (Å²) >= 11 is 0. The average Bonchev–Trinajstić information content (AvgIpc) is 3.54. The Hall–Kier alpha value is -4.08. The maximum absolute atomic E-state index is 14.2. The summed E-state index contributed by atoms with van der Waals surface area (Å²) in [6.45, 7) is 1.19. The van der Waals surface area contributed by atoms with E-state index in [-0.39, 0.29) is 29.1 Å². The number of alkyl halides is 2. The van der Waals surface area contributed by atoms with Crippen LogP contribution in [0.3, 0.4) is 0 Å².